The normalized spacial score (nSPS) is 42.9. The molecule has 22 heavy (non-hydrogen) atoms. The third kappa shape index (κ3) is 1.08. The van der Waals surface area contributed by atoms with Crippen LogP contribution in [0.5, 0.6) is 0 Å². The maximum Gasteiger partial charge on any atom is 0.323 e. The zero-order valence-electron chi connectivity index (χ0n) is 12.2. The Morgan fingerprint density at radius 3 is 2.82 bits per heavy atom. The minimum Gasteiger partial charge on any atom is -0.468 e. The summed E-state index contributed by atoms with van der Waals surface area (Å²) in [5.74, 6) is -0.279. The van der Waals surface area contributed by atoms with Gasteiger partial charge < -0.3 is 14.2 Å². The van der Waals surface area contributed by atoms with E-state index < -0.39 is 11.0 Å². The SMILES string of the molecule is COC(=O)[C@@]12C=C[C@]3(COC[C@]34C=C[C@H]1O4)c1ccccc12. The molecule has 0 N–H and O–H groups in total. The number of carbonyl (C=O) groups is 1. The summed E-state index contributed by atoms with van der Waals surface area (Å²) in [4.78, 5) is 12.7. The van der Waals surface area contributed by atoms with Crippen LogP contribution < -0.4 is 0 Å². The summed E-state index contributed by atoms with van der Waals surface area (Å²) in [7, 11) is 1.43. The van der Waals surface area contributed by atoms with Crippen molar-refractivity contribution >= 4 is 5.97 Å². The van der Waals surface area contributed by atoms with Gasteiger partial charge in [0.1, 0.15) is 17.1 Å². The number of ether oxygens (including phenoxy) is 3. The number of rotatable bonds is 1. The highest BCUT2D eigenvalue weighted by Crippen LogP contribution is 2.60. The average molecular weight is 296 g/mol. The van der Waals surface area contributed by atoms with E-state index in [4.69, 9.17) is 14.2 Å². The molecule has 4 aliphatic heterocycles. The van der Waals surface area contributed by atoms with E-state index in [1.54, 1.807) is 0 Å². The molecule has 5 aliphatic rings. The third-order valence-electron chi connectivity index (χ3n) is 5.73. The fourth-order valence-corrected chi connectivity index (χ4v) is 4.64. The highest BCUT2D eigenvalue weighted by Gasteiger charge is 2.68. The van der Waals surface area contributed by atoms with E-state index in [0.717, 1.165) is 11.1 Å². The van der Waals surface area contributed by atoms with Crippen molar-refractivity contribution in [3.05, 3.63) is 59.7 Å². The van der Waals surface area contributed by atoms with Crippen LogP contribution in [0, 0.1) is 0 Å². The molecule has 6 rings (SSSR count). The summed E-state index contributed by atoms with van der Waals surface area (Å²) in [5.41, 5.74) is 0.318. The largest absolute Gasteiger partial charge is 0.468 e. The summed E-state index contributed by atoms with van der Waals surface area (Å²) >= 11 is 0. The summed E-state index contributed by atoms with van der Waals surface area (Å²) in [6.45, 7) is 1.07. The van der Waals surface area contributed by atoms with Gasteiger partial charge in [-0.15, -0.1) is 0 Å². The van der Waals surface area contributed by atoms with Crippen LogP contribution >= 0.6 is 0 Å². The fraction of sp³-hybridized carbons (Fsp3) is 0.389. The van der Waals surface area contributed by atoms with Crippen LogP contribution in [-0.2, 0) is 29.8 Å². The first-order valence-electron chi connectivity index (χ1n) is 7.52. The maximum absolute atomic E-state index is 12.7. The molecule has 4 heterocycles. The summed E-state index contributed by atoms with van der Waals surface area (Å²) in [6, 6.07) is 8.08. The Morgan fingerprint density at radius 2 is 2.00 bits per heavy atom. The summed E-state index contributed by atoms with van der Waals surface area (Å²) < 4.78 is 17.4. The standard InChI is InChI=1S/C18H16O4/c1-20-15(19)18-9-8-16(12-4-2-3-5-13(12)18)10-21-11-17(16)7-6-14(18)22-17/h2-9,14H,10-11H2,1H3/t14-,16+,17-,18-/m1/s1. The number of methoxy groups -OCH3 is 1. The van der Waals surface area contributed by atoms with Crippen LogP contribution in [0.2, 0.25) is 0 Å². The van der Waals surface area contributed by atoms with Crippen molar-refractivity contribution in [2.24, 2.45) is 0 Å². The molecule has 0 radical (unpaired) electrons. The highest BCUT2D eigenvalue weighted by molar-refractivity contribution is 5.90. The predicted octanol–water partition coefficient (Wildman–Crippen LogP) is 1.64. The molecule has 1 saturated heterocycles. The predicted molar refractivity (Wildman–Crippen MR) is 78.5 cm³/mol. The van der Waals surface area contributed by atoms with Gasteiger partial charge in [0.25, 0.3) is 0 Å². The summed E-state index contributed by atoms with van der Waals surface area (Å²) in [6.07, 6.45) is 7.82. The van der Waals surface area contributed by atoms with E-state index in [0.29, 0.717) is 13.2 Å². The first-order valence-corrected chi connectivity index (χ1v) is 7.52. The van der Waals surface area contributed by atoms with Crippen LogP contribution in [0.25, 0.3) is 0 Å². The molecule has 0 amide bonds. The van der Waals surface area contributed by atoms with Gasteiger partial charge in [0.05, 0.1) is 25.7 Å². The molecule has 1 aliphatic carbocycles. The highest BCUT2D eigenvalue weighted by atomic mass is 16.6. The smallest absolute Gasteiger partial charge is 0.323 e. The van der Waals surface area contributed by atoms with Gasteiger partial charge in [0, 0.05) is 0 Å². The van der Waals surface area contributed by atoms with Crippen LogP contribution in [0.15, 0.2) is 48.6 Å². The molecule has 1 fully saturated rings. The van der Waals surface area contributed by atoms with Crippen LogP contribution in [0.1, 0.15) is 11.1 Å². The Balaban J connectivity index is 1.91. The summed E-state index contributed by atoms with van der Waals surface area (Å²) in [5, 5.41) is 0. The molecular weight excluding hydrogens is 280 g/mol. The van der Waals surface area contributed by atoms with Crippen molar-refractivity contribution in [2.75, 3.05) is 20.3 Å². The van der Waals surface area contributed by atoms with Crippen molar-refractivity contribution in [3.8, 4) is 0 Å². The van der Waals surface area contributed by atoms with Gasteiger partial charge in [-0.1, -0.05) is 48.6 Å². The topological polar surface area (TPSA) is 44.8 Å². The molecule has 1 aromatic carbocycles. The zero-order valence-corrected chi connectivity index (χ0v) is 12.2. The van der Waals surface area contributed by atoms with Gasteiger partial charge in [-0.3, -0.25) is 4.79 Å². The van der Waals surface area contributed by atoms with E-state index in [2.05, 4.69) is 18.2 Å². The molecule has 0 unspecified atom stereocenters. The number of hydrogen-bond donors (Lipinski definition) is 0. The first-order chi connectivity index (χ1) is 10.7. The van der Waals surface area contributed by atoms with Crippen LogP contribution in [-0.4, -0.2) is 38.0 Å². The first kappa shape index (κ1) is 12.6. The molecule has 4 bridgehead atoms. The Labute approximate surface area is 128 Å². The molecule has 2 spiro atoms. The lowest BCUT2D eigenvalue weighted by molar-refractivity contribution is -0.152. The van der Waals surface area contributed by atoms with Gasteiger partial charge in [0.2, 0.25) is 0 Å². The molecule has 0 saturated carbocycles. The molecule has 1 aromatic rings. The second-order valence-corrected chi connectivity index (χ2v) is 6.49. The Bertz CT molecular complexity index is 751. The second kappa shape index (κ2) is 3.70. The maximum atomic E-state index is 12.7. The van der Waals surface area contributed by atoms with Gasteiger partial charge in [0.15, 0.2) is 0 Å². The van der Waals surface area contributed by atoms with E-state index in [9.17, 15) is 4.79 Å². The Kier molecular flexibility index (Phi) is 2.12. The molecule has 4 nitrogen and oxygen atoms in total. The lowest BCUT2D eigenvalue weighted by atomic mass is 9.59. The average Bonchev–Trinajstić information content (AvgIpc) is 3.09. The lowest BCUT2D eigenvalue weighted by Crippen LogP contribution is -2.49. The molecular formula is C18H16O4. The lowest BCUT2D eigenvalue weighted by Gasteiger charge is -2.41. The fourth-order valence-electron chi connectivity index (χ4n) is 4.64. The number of esters is 1. The van der Waals surface area contributed by atoms with E-state index in [1.807, 2.05) is 30.4 Å². The minimum atomic E-state index is -0.902. The Morgan fingerprint density at radius 1 is 1.18 bits per heavy atom. The second-order valence-electron chi connectivity index (χ2n) is 6.49. The van der Waals surface area contributed by atoms with Crippen LogP contribution in [0.4, 0.5) is 0 Å². The van der Waals surface area contributed by atoms with E-state index in [1.165, 1.54) is 7.11 Å². The number of hydrogen-bond acceptors (Lipinski definition) is 4. The third-order valence-corrected chi connectivity index (χ3v) is 5.73. The Hall–Kier alpha value is -1.91. The molecule has 112 valence electrons. The van der Waals surface area contributed by atoms with Gasteiger partial charge in [-0.05, 0) is 11.1 Å². The van der Waals surface area contributed by atoms with Gasteiger partial charge in [-0.2, -0.15) is 0 Å². The van der Waals surface area contributed by atoms with E-state index >= 15 is 0 Å². The number of carbonyl (C=O) groups excluding carboxylic acids is 1. The monoisotopic (exact) mass is 296 g/mol. The quantitative estimate of drug-likeness (QED) is 0.584. The van der Waals surface area contributed by atoms with Gasteiger partial charge >= 0.3 is 5.97 Å². The van der Waals surface area contributed by atoms with Crippen molar-refractivity contribution in [1.29, 1.82) is 0 Å². The minimum absolute atomic E-state index is 0.279. The van der Waals surface area contributed by atoms with Crippen molar-refractivity contribution in [3.63, 3.8) is 0 Å². The molecule has 4 atom stereocenters. The molecule has 0 aromatic heterocycles. The van der Waals surface area contributed by atoms with Crippen molar-refractivity contribution in [2.45, 2.75) is 22.5 Å². The molecule has 4 heteroatoms. The van der Waals surface area contributed by atoms with Gasteiger partial charge in [-0.25, -0.2) is 0 Å². The number of benzene rings is 1. The van der Waals surface area contributed by atoms with E-state index in [-0.39, 0.29) is 17.5 Å². The van der Waals surface area contributed by atoms with Crippen LogP contribution in [0.3, 0.4) is 0 Å². The van der Waals surface area contributed by atoms with Crippen molar-refractivity contribution in [1.82, 2.24) is 0 Å². The van der Waals surface area contributed by atoms with Crippen molar-refractivity contribution < 1.29 is 19.0 Å². The zero-order chi connectivity index (χ0) is 15.0.